The molecule has 6 heteroatoms. The Morgan fingerprint density at radius 2 is 2.04 bits per heavy atom. The molecule has 2 aliphatic rings. The molecule has 0 bridgehead atoms. The lowest BCUT2D eigenvalue weighted by Crippen LogP contribution is -2.49. The first-order valence-electron chi connectivity index (χ1n) is 10.4. The summed E-state index contributed by atoms with van der Waals surface area (Å²) >= 11 is 0. The van der Waals surface area contributed by atoms with Crippen LogP contribution in [0.1, 0.15) is 50.2 Å². The van der Waals surface area contributed by atoms with Crippen molar-refractivity contribution in [2.24, 2.45) is 0 Å². The number of carbonyl (C=O) groups is 2. The molecule has 28 heavy (non-hydrogen) atoms. The minimum Gasteiger partial charge on any atom is -0.354 e. The summed E-state index contributed by atoms with van der Waals surface area (Å²) in [4.78, 5) is 27.0. The van der Waals surface area contributed by atoms with Gasteiger partial charge in [0.25, 0.3) is 0 Å². The van der Waals surface area contributed by atoms with Gasteiger partial charge in [-0.25, -0.2) is 5.01 Å². The Kier molecular flexibility index (Phi) is 7.09. The molecule has 2 heterocycles. The molecule has 0 saturated carbocycles. The van der Waals surface area contributed by atoms with Crippen molar-refractivity contribution in [3.8, 4) is 0 Å². The van der Waals surface area contributed by atoms with E-state index in [9.17, 15) is 9.59 Å². The number of hydrogen-bond acceptors (Lipinski definition) is 4. The summed E-state index contributed by atoms with van der Waals surface area (Å²) in [6, 6.07) is 8.75. The number of nitrogens with one attached hydrogen (secondary N) is 2. The Balaban J connectivity index is 1.42. The number of hydrogen-bond donors (Lipinski definition) is 2. The maximum Gasteiger partial charge on any atom is 0.245 e. The zero-order valence-electron chi connectivity index (χ0n) is 17.0. The molecule has 2 aliphatic heterocycles. The van der Waals surface area contributed by atoms with Gasteiger partial charge in [0.1, 0.15) is 6.54 Å². The van der Waals surface area contributed by atoms with Crippen LogP contribution in [0.25, 0.3) is 5.70 Å². The number of carbonyl (C=O) groups excluding carboxylic acids is 2. The molecule has 1 aromatic carbocycles. The van der Waals surface area contributed by atoms with Crippen molar-refractivity contribution in [2.75, 3.05) is 26.2 Å². The summed E-state index contributed by atoms with van der Waals surface area (Å²) in [6.07, 6.45) is 6.98. The van der Waals surface area contributed by atoms with E-state index in [0.717, 1.165) is 30.8 Å². The van der Waals surface area contributed by atoms with Gasteiger partial charge in [-0.1, -0.05) is 36.2 Å². The summed E-state index contributed by atoms with van der Waals surface area (Å²) < 4.78 is 0. The first-order chi connectivity index (χ1) is 13.5. The molecule has 1 aromatic rings. The van der Waals surface area contributed by atoms with E-state index in [1.165, 1.54) is 29.8 Å². The highest BCUT2D eigenvalue weighted by atomic mass is 16.2. The monoisotopic (exact) mass is 384 g/mol. The average molecular weight is 385 g/mol. The van der Waals surface area contributed by atoms with Crippen LogP contribution in [0.3, 0.4) is 0 Å². The van der Waals surface area contributed by atoms with E-state index < -0.39 is 0 Å². The first-order valence-corrected chi connectivity index (χ1v) is 10.4. The highest BCUT2D eigenvalue weighted by molar-refractivity contribution is 5.88. The molecule has 0 spiro atoms. The smallest absolute Gasteiger partial charge is 0.245 e. The van der Waals surface area contributed by atoms with E-state index in [4.69, 9.17) is 0 Å². The van der Waals surface area contributed by atoms with Gasteiger partial charge in [-0.2, -0.15) is 0 Å². The number of rotatable bonds is 7. The molecule has 0 aliphatic carbocycles. The third-order valence-corrected chi connectivity index (χ3v) is 5.59. The Labute approximate surface area is 167 Å². The van der Waals surface area contributed by atoms with Crippen LogP contribution < -0.4 is 10.7 Å². The van der Waals surface area contributed by atoms with E-state index in [1.54, 1.807) is 0 Å². The number of nitrogens with zero attached hydrogens (tertiary/aromatic N) is 2. The van der Waals surface area contributed by atoms with Gasteiger partial charge >= 0.3 is 0 Å². The quantitative estimate of drug-likeness (QED) is 0.709. The van der Waals surface area contributed by atoms with Gasteiger partial charge in [-0.05, 0) is 51.3 Å². The van der Waals surface area contributed by atoms with E-state index in [1.807, 2.05) is 37.3 Å². The highest BCUT2D eigenvalue weighted by Gasteiger charge is 2.22. The van der Waals surface area contributed by atoms with Gasteiger partial charge in [0, 0.05) is 25.6 Å². The number of aryl methyl sites for hydroxylation is 1. The van der Waals surface area contributed by atoms with Crippen LogP contribution in [0, 0.1) is 6.92 Å². The van der Waals surface area contributed by atoms with Crippen molar-refractivity contribution in [1.29, 1.82) is 0 Å². The lowest BCUT2D eigenvalue weighted by molar-refractivity contribution is -0.137. The SMILES string of the molecule is Cc1ccc(C2=CCC(=O)N(CC(=O)NCCCN3CCCCC3C)N2)cc1. The van der Waals surface area contributed by atoms with Crippen molar-refractivity contribution in [1.82, 2.24) is 20.7 Å². The first kappa shape index (κ1) is 20.4. The second kappa shape index (κ2) is 9.73. The predicted octanol–water partition coefficient (Wildman–Crippen LogP) is 2.45. The van der Waals surface area contributed by atoms with Crippen LogP contribution in [0.4, 0.5) is 0 Å². The number of benzene rings is 1. The number of amides is 2. The van der Waals surface area contributed by atoms with Crippen molar-refractivity contribution in [3.63, 3.8) is 0 Å². The van der Waals surface area contributed by atoms with Crippen LogP contribution in [-0.4, -0.2) is 53.9 Å². The average Bonchev–Trinajstić information content (AvgIpc) is 2.69. The molecule has 152 valence electrons. The van der Waals surface area contributed by atoms with Crippen LogP contribution in [0.2, 0.25) is 0 Å². The van der Waals surface area contributed by atoms with E-state index in [2.05, 4.69) is 22.6 Å². The fourth-order valence-electron chi connectivity index (χ4n) is 3.80. The van der Waals surface area contributed by atoms with Crippen LogP contribution >= 0.6 is 0 Å². The molecule has 1 fully saturated rings. The van der Waals surface area contributed by atoms with Gasteiger partial charge < -0.3 is 10.2 Å². The summed E-state index contributed by atoms with van der Waals surface area (Å²) in [6.45, 7) is 7.17. The third-order valence-electron chi connectivity index (χ3n) is 5.59. The zero-order chi connectivity index (χ0) is 19.9. The Morgan fingerprint density at radius 3 is 2.79 bits per heavy atom. The van der Waals surface area contributed by atoms with Crippen molar-refractivity contribution >= 4 is 17.5 Å². The lowest BCUT2D eigenvalue weighted by Gasteiger charge is -2.33. The Hall–Kier alpha value is -2.34. The maximum atomic E-state index is 12.3. The van der Waals surface area contributed by atoms with Crippen molar-refractivity contribution < 1.29 is 9.59 Å². The van der Waals surface area contributed by atoms with Crippen molar-refractivity contribution in [2.45, 2.75) is 52.0 Å². The van der Waals surface area contributed by atoms with E-state index in [0.29, 0.717) is 19.0 Å². The topological polar surface area (TPSA) is 64.7 Å². The lowest BCUT2D eigenvalue weighted by atomic mass is 10.0. The van der Waals surface area contributed by atoms with Gasteiger partial charge in [0.2, 0.25) is 11.8 Å². The van der Waals surface area contributed by atoms with Gasteiger partial charge in [-0.3, -0.25) is 15.0 Å². The highest BCUT2D eigenvalue weighted by Crippen LogP contribution is 2.18. The van der Waals surface area contributed by atoms with Gasteiger partial charge in [0.15, 0.2) is 0 Å². The molecule has 1 saturated heterocycles. The Bertz CT molecular complexity index is 714. The van der Waals surface area contributed by atoms with Gasteiger partial charge in [0.05, 0.1) is 5.70 Å². The molecule has 2 amide bonds. The second-order valence-corrected chi connectivity index (χ2v) is 7.86. The summed E-state index contributed by atoms with van der Waals surface area (Å²) in [5, 5.41) is 4.36. The number of piperidine rings is 1. The summed E-state index contributed by atoms with van der Waals surface area (Å²) in [7, 11) is 0. The molecule has 1 unspecified atom stereocenters. The fourth-order valence-corrected chi connectivity index (χ4v) is 3.80. The summed E-state index contributed by atoms with van der Waals surface area (Å²) in [5.41, 5.74) is 6.16. The van der Waals surface area contributed by atoms with Crippen LogP contribution in [0.5, 0.6) is 0 Å². The number of hydrazine groups is 1. The van der Waals surface area contributed by atoms with E-state index >= 15 is 0 Å². The minimum atomic E-state index is -0.127. The Morgan fingerprint density at radius 1 is 1.25 bits per heavy atom. The molecule has 0 aromatic heterocycles. The molecule has 3 rings (SSSR count). The predicted molar refractivity (Wildman–Crippen MR) is 111 cm³/mol. The molecular formula is C22H32N4O2. The maximum absolute atomic E-state index is 12.3. The summed E-state index contributed by atoms with van der Waals surface area (Å²) in [5.74, 6) is -0.217. The normalized spacial score (nSPS) is 20.5. The molecule has 0 radical (unpaired) electrons. The number of likely N-dealkylation sites (tertiary alicyclic amines) is 1. The van der Waals surface area contributed by atoms with Gasteiger partial charge in [-0.15, -0.1) is 0 Å². The van der Waals surface area contributed by atoms with Crippen molar-refractivity contribution in [3.05, 3.63) is 41.5 Å². The largest absolute Gasteiger partial charge is 0.354 e. The molecule has 1 atom stereocenters. The second-order valence-electron chi connectivity index (χ2n) is 7.86. The molecular weight excluding hydrogens is 352 g/mol. The minimum absolute atomic E-state index is 0.0299. The zero-order valence-corrected chi connectivity index (χ0v) is 17.0. The van der Waals surface area contributed by atoms with E-state index in [-0.39, 0.29) is 18.4 Å². The van der Waals surface area contributed by atoms with Crippen LogP contribution in [-0.2, 0) is 9.59 Å². The third kappa shape index (κ3) is 5.58. The standard InChI is InChI=1S/C22H32N4O2/c1-17-7-9-19(10-8-17)20-11-12-22(28)26(24-20)16-21(27)23-13-5-15-25-14-4-3-6-18(25)2/h7-11,18,24H,3-6,12-16H2,1-2H3,(H,23,27). The fraction of sp³-hybridized carbons (Fsp3) is 0.545. The molecule has 2 N–H and O–H groups in total. The molecule has 6 nitrogen and oxygen atoms in total. The van der Waals surface area contributed by atoms with Crippen LogP contribution in [0.15, 0.2) is 30.3 Å².